The Morgan fingerprint density at radius 1 is 0.583 bits per heavy atom. The van der Waals surface area contributed by atoms with Crippen LogP contribution in [0.3, 0.4) is 0 Å². The largest absolute Gasteiger partial charge is 0.0622 e. The third kappa shape index (κ3) is 4.49. The lowest BCUT2D eigenvalue weighted by Crippen LogP contribution is -2.58. The fourth-order valence-corrected chi connectivity index (χ4v) is 13.1. The molecule has 3 fully saturated rings. The van der Waals surface area contributed by atoms with Gasteiger partial charge in [-0.15, -0.1) is 0 Å². The molecule has 0 radical (unpaired) electrons. The first kappa shape index (κ1) is 24.1. The van der Waals surface area contributed by atoms with Crippen molar-refractivity contribution < 1.29 is 0 Å². The van der Waals surface area contributed by atoms with Crippen molar-refractivity contribution in [2.75, 3.05) is 6.16 Å². The van der Waals surface area contributed by atoms with Crippen molar-refractivity contribution >= 4 is 37.1 Å². The Kier molecular flexibility index (Phi) is 6.86. The standard InChI is InChI=1S/C34H36P2/c1-34(2)26-23-32(34)31(25-35(27-15-7-3-8-16-27)28-17-9-4-10-18-28)33(24-26)36(29-19-11-5-12-20-29)30-21-13-6-14-22-30/h3-22,26,31-33H,23-25H2,1-2H3/t26-,31-,32+,33+/m0/s1. The van der Waals surface area contributed by atoms with Gasteiger partial charge < -0.3 is 0 Å². The van der Waals surface area contributed by atoms with Gasteiger partial charge in [-0.05, 0) is 84.9 Å². The number of fused-ring (bicyclic) bond motifs is 2. The summed E-state index contributed by atoms with van der Waals surface area (Å²) in [7, 11) is -0.800. The third-order valence-corrected chi connectivity index (χ3v) is 14.6. The van der Waals surface area contributed by atoms with E-state index in [-0.39, 0.29) is 0 Å². The maximum absolute atomic E-state index is 2.57. The zero-order valence-electron chi connectivity index (χ0n) is 21.4. The molecule has 2 bridgehead atoms. The van der Waals surface area contributed by atoms with Crippen molar-refractivity contribution in [3.05, 3.63) is 121 Å². The van der Waals surface area contributed by atoms with Crippen LogP contribution in [0, 0.1) is 23.2 Å². The summed E-state index contributed by atoms with van der Waals surface area (Å²) in [6.07, 6.45) is 4.09. The van der Waals surface area contributed by atoms with E-state index in [1.165, 1.54) is 29.6 Å². The normalized spacial score (nSPS) is 24.4. The van der Waals surface area contributed by atoms with Gasteiger partial charge in [0.25, 0.3) is 0 Å². The molecule has 4 atom stereocenters. The lowest BCUT2D eigenvalue weighted by molar-refractivity contribution is -0.0944. The average Bonchev–Trinajstić information content (AvgIpc) is 2.94. The first-order chi connectivity index (χ1) is 17.6. The molecule has 182 valence electrons. The van der Waals surface area contributed by atoms with Gasteiger partial charge in [0.1, 0.15) is 0 Å². The molecule has 0 amide bonds. The summed E-state index contributed by atoms with van der Waals surface area (Å²) in [6.45, 7) is 5.13. The van der Waals surface area contributed by atoms with Crippen LogP contribution < -0.4 is 21.2 Å². The third-order valence-electron chi connectivity index (χ3n) is 9.01. The van der Waals surface area contributed by atoms with Crippen molar-refractivity contribution in [3.63, 3.8) is 0 Å². The molecule has 3 aliphatic rings. The Morgan fingerprint density at radius 2 is 1.00 bits per heavy atom. The van der Waals surface area contributed by atoms with Crippen molar-refractivity contribution in [1.29, 1.82) is 0 Å². The van der Waals surface area contributed by atoms with Crippen LogP contribution >= 0.6 is 15.8 Å². The SMILES string of the molecule is CC1(C)[C@@H]2C[C@@H](P(c3ccccc3)c3ccccc3)[C@@H](CP(c3ccccc3)c3ccccc3)[C@H]1C2. The molecule has 0 aromatic heterocycles. The van der Waals surface area contributed by atoms with Crippen molar-refractivity contribution in [2.45, 2.75) is 32.3 Å². The molecule has 2 heteroatoms. The van der Waals surface area contributed by atoms with Gasteiger partial charge in [-0.25, -0.2) is 0 Å². The summed E-state index contributed by atoms with van der Waals surface area (Å²) in [6, 6.07) is 45.7. The number of hydrogen-bond donors (Lipinski definition) is 0. The highest BCUT2D eigenvalue weighted by atomic mass is 31.1. The Morgan fingerprint density at radius 3 is 1.42 bits per heavy atom. The molecule has 0 N–H and O–H groups in total. The maximum Gasteiger partial charge on any atom is -0.00912 e. The van der Waals surface area contributed by atoms with Crippen molar-refractivity contribution in [1.82, 2.24) is 0 Å². The lowest BCUT2D eigenvalue weighted by Gasteiger charge is -2.64. The van der Waals surface area contributed by atoms with Crippen LogP contribution in [0.15, 0.2) is 121 Å². The van der Waals surface area contributed by atoms with Gasteiger partial charge in [0.05, 0.1) is 0 Å². The first-order valence-corrected chi connectivity index (χ1v) is 16.3. The summed E-state index contributed by atoms with van der Waals surface area (Å²) in [5, 5.41) is 6.16. The molecule has 36 heavy (non-hydrogen) atoms. The summed E-state index contributed by atoms with van der Waals surface area (Å²) in [4.78, 5) is 0. The molecule has 0 spiro atoms. The second-order valence-electron chi connectivity index (χ2n) is 11.2. The van der Waals surface area contributed by atoms with Gasteiger partial charge in [-0.2, -0.15) is 0 Å². The van der Waals surface area contributed by atoms with Gasteiger partial charge in [0.15, 0.2) is 0 Å². The molecular weight excluding hydrogens is 470 g/mol. The molecule has 0 saturated heterocycles. The lowest BCUT2D eigenvalue weighted by atomic mass is 9.46. The number of rotatable bonds is 7. The van der Waals surface area contributed by atoms with Gasteiger partial charge in [0, 0.05) is 0 Å². The highest BCUT2D eigenvalue weighted by Gasteiger charge is 2.59. The van der Waals surface area contributed by atoms with Gasteiger partial charge in [-0.3, -0.25) is 0 Å². The molecular formula is C34H36P2. The Balaban J connectivity index is 1.44. The molecule has 4 aromatic rings. The zero-order chi connectivity index (χ0) is 24.5. The summed E-state index contributed by atoms with van der Waals surface area (Å²) in [5.74, 6) is 2.42. The molecule has 3 aliphatic carbocycles. The van der Waals surface area contributed by atoms with E-state index in [4.69, 9.17) is 0 Å². The topological polar surface area (TPSA) is 0 Å². The molecule has 0 heterocycles. The second kappa shape index (κ2) is 10.2. The molecule has 7 rings (SSSR count). The minimum absolute atomic E-state index is 0.396. The van der Waals surface area contributed by atoms with Crippen molar-refractivity contribution in [2.24, 2.45) is 23.2 Å². The average molecular weight is 507 g/mol. The summed E-state index contributed by atoms with van der Waals surface area (Å²) >= 11 is 0. The molecule has 4 aromatic carbocycles. The minimum Gasteiger partial charge on any atom is -0.0622 e. The fourth-order valence-electron chi connectivity index (χ4n) is 6.96. The number of hydrogen-bond acceptors (Lipinski definition) is 0. The van der Waals surface area contributed by atoms with Gasteiger partial charge >= 0.3 is 0 Å². The monoisotopic (exact) mass is 506 g/mol. The Labute approximate surface area is 219 Å². The first-order valence-electron chi connectivity index (χ1n) is 13.4. The van der Waals surface area contributed by atoms with Crippen LogP contribution in [0.4, 0.5) is 0 Å². The molecule has 0 aliphatic heterocycles. The van der Waals surface area contributed by atoms with E-state index < -0.39 is 15.8 Å². The zero-order valence-corrected chi connectivity index (χ0v) is 23.2. The van der Waals surface area contributed by atoms with Crippen LogP contribution in [-0.2, 0) is 0 Å². The second-order valence-corrected chi connectivity index (χ2v) is 15.8. The van der Waals surface area contributed by atoms with Crippen LogP contribution in [0.2, 0.25) is 0 Å². The molecule has 0 nitrogen and oxygen atoms in total. The predicted octanol–water partition coefficient (Wildman–Crippen LogP) is 7.30. The van der Waals surface area contributed by atoms with E-state index in [2.05, 4.69) is 135 Å². The van der Waals surface area contributed by atoms with Crippen LogP contribution in [0.1, 0.15) is 26.7 Å². The van der Waals surface area contributed by atoms with E-state index in [0.29, 0.717) is 5.41 Å². The van der Waals surface area contributed by atoms with E-state index in [9.17, 15) is 0 Å². The highest BCUT2D eigenvalue weighted by Crippen LogP contribution is 2.68. The minimum atomic E-state index is -0.404. The van der Waals surface area contributed by atoms with Crippen LogP contribution in [0.25, 0.3) is 0 Å². The van der Waals surface area contributed by atoms with Gasteiger partial charge in [-0.1, -0.05) is 135 Å². The Bertz CT molecular complexity index is 1170. The van der Waals surface area contributed by atoms with E-state index in [0.717, 1.165) is 23.4 Å². The van der Waals surface area contributed by atoms with Gasteiger partial charge in [0.2, 0.25) is 0 Å². The maximum atomic E-state index is 2.57. The summed E-state index contributed by atoms with van der Waals surface area (Å²) < 4.78 is 0. The fraction of sp³-hybridized carbons (Fsp3) is 0.294. The van der Waals surface area contributed by atoms with E-state index in [1.54, 1.807) is 10.6 Å². The smallest absolute Gasteiger partial charge is 0.00912 e. The highest BCUT2D eigenvalue weighted by molar-refractivity contribution is 7.74. The van der Waals surface area contributed by atoms with E-state index >= 15 is 0 Å². The van der Waals surface area contributed by atoms with Crippen molar-refractivity contribution in [3.8, 4) is 0 Å². The quantitative estimate of drug-likeness (QED) is 0.231. The molecule has 0 unspecified atom stereocenters. The predicted molar refractivity (Wildman–Crippen MR) is 160 cm³/mol. The summed E-state index contributed by atoms with van der Waals surface area (Å²) in [5.41, 5.74) is 1.20. The molecule has 3 saturated carbocycles. The van der Waals surface area contributed by atoms with E-state index in [1.807, 2.05) is 0 Å². The number of benzene rings is 4. The van der Waals surface area contributed by atoms with Crippen LogP contribution in [0.5, 0.6) is 0 Å². The Hall–Kier alpha value is -2.26. The van der Waals surface area contributed by atoms with Crippen LogP contribution in [-0.4, -0.2) is 11.8 Å².